The fraction of sp³-hybridized carbons (Fsp3) is 0.448. The van der Waals surface area contributed by atoms with Crippen LogP contribution in [0.4, 0.5) is 16.2 Å². The highest BCUT2D eigenvalue weighted by molar-refractivity contribution is 6.00. The molecule has 38 heavy (non-hydrogen) atoms. The number of hydrogen-bond acceptors (Lipinski definition) is 4. The standard InChI is InChI=1S/C29H38N4O5/c1-18(2)16-25(27(35)32-24-11-7-5-9-22(24)28(36)37)31-26(34)17-20-12-14-21(15-13-20)30-29(38)33-23-10-6-4-8-19(23)3/h4,6,8,10,12-15,18,22,24-25H,5,7,9,11,16-17H2,1-3H3,(H,31,34)(H,32,35)(H,36,37)(H2,30,33,38)/t22-,24-,25+/m1/s1. The average molecular weight is 523 g/mol. The van der Waals surface area contributed by atoms with Crippen molar-refractivity contribution < 1.29 is 24.3 Å². The van der Waals surface area contributed by atoms with E-state index in [0.29, 0.717) is 24.9 Å². The Hall–Kier alpha value is -3.88. The Morgan fingerprint density at radius 2 is 1.63 bits per heavy atom. The van der Waals surface area contributed by atoms with Gasteiger partial charge in [-0.2, -0.15) is 0 Å². The van der Waals surface area contributed by atoms with Gasteiger partial charge in [-0.1, -0.05) is 57.0 Å². The number of carboxylic acids is 1. The van der Waals surface area contributed by atoms with E-state index in [2.05, 4.69) is 21.3 Å². The summed E-state index contributed by atoms with van der Waals surface area (Å²) in [6, 6.07) is 12.9. The molecule has 0 saturated heterocycles. The quantitative estimate of drug-likeness (QED) is 0.314. The van der Waals surface area contributed by atoms with Gasteiger partial charge in [-0.25, -0.2) is 4.79 Å². The largest absolute Gasteiger partial charge is 0.481 e. The van der Waals surface area contributed by atoms with Gasteiger partial charge in [0.05, 0.1) is 12.3 Å². The normalized spacial score (nSPS) is 17.8. The molecule has 2 aromatic carbocycles. The molecule has 0 bridgehead atoms. The molecule has 0 aromatic heterocycles. The summed E-state index contributed by atoms with van der Waals surface area (Å²) < 4.78 is 0. The van der Waals surface area contributed by atoms with Gasteiger partial charge in [0.1, 0.15) is 6.04 Å². The second kappa shape index (κ2) is 13.6. The summed E-state index contributed by atoms with van der Waals surface area (Å²) in [6.45, 7) is 5.84. The molecule has 0 spiro atoms. The summed E-state index contributed by atoms with van der Waals surface area (Å²) in [7, 11) is 0. The van der Waals surface area contributed by atoms with Crippen molar-refractivity contribution in [3.63, 3.8) is 0 Å². The van der Waals surface area contributed by atoms with E-state index in [1.54, 1.807) is 24.3 Å². The first-order valence-corrected chi connectivity index (χ1v) is 13.2. The molecule has 204 valence electrons. The fourth-order valence-electron chi connectivity index (χ4n) is 4.72. The van der Waals surface area contributed by atoms with Crippen LogP contribution in [0, 0.1) is 18.8 Å². The highest BCUT2D eigenvalue weighted by Gasteiger charge is 2.33. The molecule has 1 aliphatic rings. The lowest BCUT2D eigenvalue weighted by Gasteiger charge is -2.31. The number of carboxylic acid groups (broad SMARTS) is 1. The lowest BCUT2D eigenvalue weighted by Crippen LogP contribution is -2.53. The maximum Gasteiger partial charge on any atom is 0.323 e. The van der Waals surface area contributed by atoms with Crippen LogP contribution >= 0.6 is 0 Å². The number of aliphatic carboxylic acids is 1. The Kier molecular flexibility index (Phi) is 10.3. The van der Waals surface area contributed by atoms with E-state index in [-0.39, 0.29) is 30.2 Å². The minimum Gasteiger partial charge on any atom is -0.481 e. The van der Waals surface area contributed by atoms with Crippen LogP contribution in [0.25, 0.3) is 0 Å². The third-order valence-corrected chi connectivity index (χ3v) is 6.74. The maximum atomic E-state index is 13.0. The number of carbonyl (C=O) groups is 4. The topological polar surface area (TPSA) is 137 Å². The molecule has 1 saturated carbocycles. The summed E-state index contributed by atoms with van der Waals surface area (Å²) in [6.07, 6.45) is 3.38. The second-order valence-electron chi connectivity index (χ2n) is 10.4. The molecule has 3 atom stereocenters. The average Bonchev–Trinajstić information content (AvgIpc) is 2.86. The molecule has 9 heteroatoms. The van der Waals surface area contributed by atoms with Crippen molar-refractivity contribution in [1.82, 2.24) is 10.6 Å². The summed E-state index contributed by atoms with van der Waals surface area (Å²) in [4.78, 5) is 49.8. The predicted octanol–water partition coefficient (Wildman–Crippen LogP) is 4.47. The van der Waals surface area contributed by atoms with Crippen molar-refractivity contribution >= 4 is 35.2 Å². The number of aryl methyl sites for hydroxylation is 1. The van der Waals surface area contributed by atoms with Crippen LogP contribution in [0.5, 0.6) is 0 Å². The zero-order valence-electron chi connectivity index (χ0n) is 22.3. The Balaban J connectivity index is 1.55. The number of benzene rings is 2. The number of para-hydroxylation sites is 1. The molecule has 0 heterocycles. The van der Waals surface area contributed by atoms with Crippen LogP contribution in [-0.2, 0) is 20.8 Å². The highest BCUT2D eigenvalue weighted by Crippen LogP contribution is 2.25. The highest BCUT2D eigenvalue weighted by atomic mass is 16.4. The van der Waals surface area contributed by atoms with E-state index >= 15 is 0 Å². The second-order valence-corrected chi connectivity index (χ2v) is 10.4. The van der Waals surface area contributed by atoms with Crippen LogP contribution in [0.2, 0.25) is 0 Å². The van der Waals surface area contributed by atoms with Gasteiger partial charge in [0, 0.05) is 17.4 Å². The van der Waals surface area contributed by atoms with Crippen molar-refractivity contribution in [3.8, 4) is 0 Å². The Morgan fingerprint density at radius 3 is 2.29 bits per heavy atom. The molecule has 2 aromatic rings. The van der Waals surface area contributed by atoms with Gasteiger partial charge < -0.3 is 26.4 Å². The Morgan fingerprint density at radius 1 is 0.947 bits per heavy atom. The van der Waals surface area contributed by atoms with Crippen LogP contribution in [0.15, 0.2) is 48.5 Å². The molecular formula is C29H38N4O5. The lowest BCUT2D eigenvalue weighted by atomic mass is 9.84. The maximum absolute atomic E-state index is 13.0. The molecule has 1 aliphatic carbocycles. The van der Waals surface area contributed by atoms with Crippen LogP contribution in [0.1, 0.15) is 57.1 Å². The number of rotatable bonds is 10. The first-order valence-electron chi connectivity index (χ1n) is 13.2. The number of nitrogens with one attached hydrogen (secondary N) is 4. The van der Waals surface area contributed by atoms with Gasteiger partial charge in [-0.15, -0.1) is 0 Å². The Labute approximate surface area is 223 Å². The summed E-state index contributed by atoms with van der Waals surface area (Å²) in [5.41, 5.74) is 2.99. The van der Waals surface area contributed by atoms with E-state index in [4.69, 9.17) is 0 Å². The van der Waals surface area contributed by atoms with Crippen molar-refractivity contribution in [2.45, 2.75) is 71.4 Å². The SMILES string of the molecule is Cc1ccccc1NC(=O)Nc1ccc(CC(=O)N[C@@H](CC(C)C)C(=O)N[C@@H]2CCCC[C@H]2C(=O)O)cc1. The van der Waals surface area contributed by atoms with E-state index < -0.39 is 24.0 Å². The molecule has 0 unspecified atom stereocenters. The van der Waals surface area contributed by atoms with Gasteiger partial charge in [0.2, 0.25) is 11.8 Å². The van der Waals surface area contributed by atoms with Crippen molar-refractivity contribution in [1.29, 1.82) is 0 Å². The van der Waals surface area contributed by atoms with Crippen molar-refractivity contribution in [2.75, 3.05) is 10.6 Å². The molecule has 1 fully saturated rings. The predicted molar refractivity (Wildman–Crippen MR) is 147 cm³/mol. The Bertz CT molecular complexity index is 1130. The van der Waals surface area contributed by atoms with Gasteiger partial charge in [0.15, 0.2) is 0 Å². The van der Waals surface area contributed by atoms with E-state index in [9.17, 15) is 24.3 Å². The minimum absolute atomic E-state index is 0.0682. The number of carbonyl (C=O) groups excluding carboxylic acids is 3. The molecule has 9 nitrogen and oxygen atoms in total. The lowest BCUT2D eigenvalue weighted by molar-refractivity contribution is -0.144. The van der Waals surface area contributed by atoms with Crippen LogP contribution in [-0.4, -0.2) is 41.0 Å². The molecule has 5 N–H and O–H groups in total. The van der Waals surface area contributed by atoms with Crippen LogP contribution in [0.3, 0.4) is 0 Å². The van der Waals surface area contributed by atoms with E-state index in [1.807, 2.05) is 45.0 Å². The molecule has 0 radical (unpaired) electrons. The van der Waals surface area contributed by atoms with Gasteiger partial charge >= 0.3 is 12.0 Å². The first-order chi connectivity index (χ1) is 18.1. The molecular weight excluding hydrogens is 484 g/mol. The van der Waals surface area contributed by atoms with Gasteiger partial charge in [0.25, 0.3) is 0 Å². The van der Waals surface area contributed by atoms with Crippen molar-refractivity contribution in [3.05, 3.63) is 59.7 Å². The summed E-state index contributed by atoms with van der Waals surface area (Å²) >= 11 is 0. The third kappa shape index (κ3) is 8.61. The number of anilines is 2. The number of urea groups is 1. The zero-order valence-corrected chi connectivity index (χ0v) is 22.3. The summed E-state index contributed by atoms with van der Waals surface area (Å²) in [5.74, 6) is -1.99. The summed E-state index contributed by atoms with van der Waals surface area (Å²) in [5, 5.41) is 20.8. The number of hydrogen-bond donors (Lipinski definition) is 5. The fourth-order valence-corrected chi connectivity index (χ4v) is 4.72. The van der Waals surface area contributed by atoms with Crippen molar-refractivity contribution in [2.24, 2.45) is 11.8 Å². The van der Waals surface area contributed by atoms with E-state index in [0.717, 1.165) is 29.7 Å². The van der Waals surface area contributed by atoms with Gasteiger partial charge in [-0.3, -0.25) is 14.4 Å². The first kappa shape index (κ1) is 28.7. The smallest absolute Gasteiger partial charge is 0.323 e. The molecule has 3 rings (SSSR count). The third-order valence-electron chi connectivity index (χ3n) is 6.74. The van der Waals surface area contributed by atoms with Crippen LogP contribution < -0.4 is 21.3 Å². The van der Waals surface area contributed by atoms with E-state index in [1.165, 1.54) is 0 Å². The monoisotopic (exact) mass is 522 g/mol. The van der Waals surface area contributed by atoms with Gasteiger partial charge in [-0.05, 0) is 61.4 Å². The number of amides is 4. The zero-order chi connectivity index (χ0) is 27.7. The molecule has 4 amide bonds. The molecule has 0 aliphatic heterocycles. The minimum atomic E-state index is -0.898.